The van der Waals surface area contributed by atoms with Gasteiger partial charge in [-0.3, -0.25) is 4.72 Å². The molecule has 8 heteroatoms. The molecule has 3 N–H and O–H groups in total. The van der Waals surface area contributed by atoms with E-state index in [0.29, 0.717) is 31.1 Å². The quantitative estimate of drug-likeness (QED) is 0.796. The van der Waals surface area contributed by atoms with Crippen molar-refractivity contribution in [1.29, 1.82) is 0 Å². The lowest BCUT2D eigenvalue weighted by atomic mass is 10.3. The first kappa shape index (κ1) is 15.3. The smallest absolute Gasteiger partial charge is 0.280 e. The molecule has 1 heterocycles. The fourth-order valence-electron chi connectivity index (χ4n) is 1.65. The van der Waals surface area contributed by atoms with Crippen molar-refractivity contribution in [3.63, 3.8) is 0 Å². The van der Waals surface area contributed by atoms with Gasteiger partial charge in [0.15, 0.2) is 5.03 Å². The molecular formula is C13H18N4O3S. The Morgan fingerprint density at radius 1 is 1.33 bits per heavy atom. The van der Waals surface area contributed by atoms with Crippen LogP contribution >= 0.6 is 0 Å². The Balaban J connectivity index is 2.09. The second-order valence-electron chi connectivity index (χ2n) is 4.31. The molecule has 0 atom stereocenters. The third-order valence-electron chi connectivity index (χ3n) is 2.74. The normalized spacial score (nSPS) is 11.3. The summed E-state index contributed by atoms with van der Waals surface area (Å²) in [6.07, 6.45) is 2.97. The maximum absolute atomic E-state index is 12.2. The molecule has 0 aliphatic carbocycles. The number of benzene rings is 1. The molecule has 0 spiro atoms. The van der Waals surface area contributed by atoms with Gasteiger partial charge >= 0.3 is 0 Å². The number of imidazole rings is 1. The van der Waals surface area contributed by atoms with Crippen molar-refractivity contribution in [2.75, 3.05) is 17.9 Å². The highest BCUT2D eigenvalue weighted by Crippen LogP contribution is 2.18. The van der Waals surface area contributed by atoms with Crippen LogP contribution < -0.4 is 15.2 Å². The maximum atomic E-state index is 12.2. The van der Waals surface area contributed by atoms with Gasteiger partial charge in [-0.1, -0.05) is 0 Å². The molecule has 1 aromatic heterocycles. The fraction of sp³-hybridized carbons (Fsp3) is 0.308. The molecular weight excluding hydrogens is 292 g/mol. The van der Waals surface area contributed by atoms with Crippen LogP contribution in [0.3, 0.4) is 0 Å². The van der Waals surface area contributed by atoms with Crippen LogP contribution in [-0.2, 0) is 16.6 Å². The Kier molecular flexibility index (Phi) is 4.81. The van der Waals surface area contributed by atoms with E-state index in [2.05, 4.69) is 9.71 Å². The highest BCUT2D eigenvalue weighted by Gasteiger charge is 2.17. The minimum absolute atomic E-state index is 0.00666. The zero-order valence-electron chi connectivity index (χ0n) is 11.7. The van der Waals surface area contributed by atoms with Crippen molar-refractivity contribution in [3.05, 3.63) is 36.8 Å². The Hall–Kier alpha value is -2.06. The molecule has 0 bridgehead atoms. The van der Waals surface area contributed by atoms with Gasteiger partial charge in [0.05, 0.1) is 6.33 Å². The Bertz CT molecular complexity index is 680. The average molecular weight is 310 g/mol. The molecule has 2 aromatic rings. The third kappa shape index (κ3) is 3.96. The second-order valence-corrected chi connectivity index (χ2v) is 5.94. The van der Waals surface area contributed by atoms with Gasteiger partial charge in [-0.15, -0.1) is 0 Å². The lowest BCUT2D eigenvalue weighted by Crippen LogP contribution is -2.13. The van der Waals surface area contributed by atoms with E-state index in [1.54, 1.807) is 28.8 Å². The number of rotatable bonds is 7. The molecule has 2 rings (SSSR count). The van der Waals surface area contributed by atoms with Crippen LogP contribution in [-0.4, -0.2) is 31.1 Å². The predicted octanol–water partition coefficient (Wildman–Crippen LogP) is 1.04. The summed E-state index contributed by atoms with van der Waals surface area (Å²) >= 11 is 0. The summed E-state index contributed by atoms with van der Waals surface area (Å²) in [5, 5.41) is -0.00666. The van der Waals surface area contributed by atoms with Gasteiger partial charge in [0, 0.05) is 25.0 Å². The van der Waals surface area contributed by atoms with Crippen molar-refractivity contribution in [2.45, 2.75) is 18.5 Å². The Morgan fingerprint density at radius 2 is 2.05 bits per heavy atom. The lowest BCUT2D eigenvalue weighted by molar-refractivity contribution is 0.328. The Labute approximate surface area is 123 Å². The molecule has 1 aromatic carbocycles. The van der Waals surface area contributed by atoms with E-state index in [1.807, 2.05) is 6.92 Å². The van der Waals surface area contributed by atoms with E-state index in [0.717, 1.165) is 0 Å². The van der Waals surface area contributed by atoms with E-state index in [4.69, 9.17) is 10.5 Å². The largest absolute Gasteiger partial charge is 0.492 e. The summed E-state index contributed by atoms with van der Waals surface area (Å²) in [7, 11) is -3.68. The number of hydrogen-bond acceptors (Lipinski definition) is 5. The van der Waals surface area contributed by atoms with Crippen LogP contribution in [0.1, 0.15) is 6.92 Å². The molecule has 0 aliphatic rings. The SMILES string of the molecule is CCn1cnc(S(=O)(=O)Nc2ccc(OCCN)cc2)c1. The van der Waals surface area contributed by atoms with Gasteiger partial charge in [-0.05, 0) is 31.2 Å². The molecule has 0 saturated heterocycles. The third-order valence-corrected chi connectivity index (χ3v) is 4.01. The monoisotopic (exact) mass is 310 g/mol. The van der Waals surface area contributed by atoms with Gasteiger partial charge in [0.25, 0.3) is 10.0 Å². The number of ether oxygens (including phenoxy) is 1. The van der Waals surface area contributed by atoms with Crippen LogP contribution in [0.2, 0.25) is 0 Å². The molecule has 0 aliphatic heterocycles. The van der Waals surface area contributed by atoms with Crippen LogP contribution in [0.4, 0.5) is 5.69 Å². The first-order valence-electron chi connectivity index (χ1n) is 6.52. The summed E-state index contributed by atoms with van der Waals surface area (Å²) in [4.78, 5) is 3.89. The topological polar surface area (TPSA) is 99.2 Å². The van der Waals surface area contributed by atoms with E-state index >= 15 is 0 Å². The van der Waals surface area contributed by atoms with Crippen LogP contribution in [0.15, 0.2) is 41.8 Å². The molecule has 0 amide bonds. The van der Waals surface area contributed by atoms with E-state index in [-0.39, 0.29) is 5.03 Å². The zero-order chi connectivity index (χ0) is 15.3. The van der Waals surface area contributed by atoms with Crippen molar-refractivity contribution in [2.24, 2.45) is 5.73 Å². The molecule has 0 unspecified atom stereocenters. The summed E-state index contributed by atoms with van der Waals surface area (Å²) in [6.45, 7) is 3.41. The van der Waals surface area contributed by atoms with Gasteiger partial charge in [0.2, 0.25) is 0 Å². The minimum Gasteiger partial charge on any atom is -0.492 e. The van der Waals surface area contributed by atoms with E-state index in [1.165, 1.54) is 12.5 Å². The molecule has 0 saturated carbocycles. The van der Waals surface area contributed by atoms with E-state index in [9.17, 15) is 8.42 Å². The molecule has 0 fully saturated rings. The fourth-order valence-corrected chi connectivity index (χ4v) is 2.67. The minimum atomic E-state index is -3.68. The highest BCUT2D eigenvalue weighted by molar-refractivity contribution is 7.92. The van der Waals surface area contributed by atoms with Crippen LogP contribution in [0, 0.1) is 0 Å². The number of aryl methyl sites for hydroxylation is 1. The number of aromatic nitrogens is 2. The van der Waals surface area contributed by atoms with Gasteiger partial charge < -0.3 is 15.0 Å². The summed E-state index contributed by atoms with van der Waals surface area (Å²) in [5.74, 6) is 0.638. The van der Waals surface area contributed by atoms with Crippen molar-refractivity contribution < 1.29 is 13.2 Å². The van der Waals surface area contributed by atoms with Gasteiger partial charge in [0.1, 0.15) is 12.4 Å². The van der Waals surface area contributed by atoms with Crippen LogP contribution in [0.5, 0.6) is 5.75 Å². The van der Waals surface area contributed by atoms with Crippen molar-refractivity contribution in [3.8, 4) is 5.75 Å². The number of nitrogens with one attached hydrogen (secondary N) is 1. The first-order chi connectivity index (χ1) is 10.0. The molecule has 114 valence electrons. The Morgan fingerprint density at radius 3 is 2.62 bits per heavy atom. The van der Waals surface area contributed by atoms with Gasteiger partial charge in [-0.2, -0.15) is 8.42 Å². The number of anilines is 1. The number of nitrogens with zero attached hydrogens (tertiary/aromatic N) is 2. The summed E-state index contributed by atoms with van der Waals surface area (Å²) in [5.41, 5.74) is 5.79. The average Bonchev–Trinajstić information content (AvgIpc) is 2.96. The van der Waals surface area contributed by atoms with E-state index < -0.39 is 10.0 Å². The predicted molar refractivity (Wildman–Crippen MR) is 79.7 cm³/mol. The van der Waals surface area contributed by atoms with Gasteiger partial charge in [-0.25, -0.2) is 4.98 Å². The summed E-state index contributed by atoms with van der Waals surface area (Å²) < 4.78 is 33.8. The summed E-state index contributed by atoms with van der Waals surface area (Å²) in [6, 6.07) is 6.61. The number of nitrogens with two attached hydrogens (primary N) is 1. The number of hydrogen-bond donors (Lipinski definition) is 2. The molecule has 0 radical (unpaired) electrons. The zero-order valence-corrected chi connectivity index (χ0v) is 12.5. The molecule has 21 heavy (non-hydrogen) atoms. The van der Waals surface area contributed by atoms with Crippen LogP contribution in [0.25, 0.3) is 0 Å². The molecule has 7 nitrogen and oxygen atoms in total. The second kappa shape index (κ2) is 6.59. The first-order valence-corrected chi connectivity index (χ1v) is 8.01. The van der Waals surface area contributed by atoms with Crippen molar-refractivity contribution in [1.82, 2.24) is 9.55 Å². The standard InChI is InChI=1S/C13H18N4O3S/c1-2-17-9-13(15-10-17)21(18,19)16-11-3-5-12(6-4-11)20-8-7-14/h3-6,9-10,16H,2,7-8,14H2,1H3. The number of sulfonamides is 1. The van der Waals surface area contributed by atoms with Crippen molar-refractivity contribution >= 4 is 15.7 Å². The highest BCUT2D eigenvalue weighted by atomic mass is 32.2. The lowest BCUT2D eigenvalue weighted by Gasteiger charge is -2.08. The maximum Gasteiger partial charge on any atom is 0.280 e.